The maximum Gasteiger partial charge on any atom is 0.163 e. The Morgan fingerprint density at radius 3 is 2.78 bits per heavy atom. The summed E-state index contributed by atoms with van der Waals surface area (Å²) in [6, 6.07) is 3.91. The molecule has 2 aromatic heterocycles. The number of hydrogen-bond donors (Lipinski definition) is 2. The predicted octanol–water partition coefficient (Wildman–Crippen LogP) is 2.60. The Morgan fingerprint density at radius 1 is 1.17 bits per heavy atom. The Kier molecular flexibility index (Phi) is 3.73. The first-order valence-corrected chi connectivity index (χ1v) is 8.45. The topological polar surface area (TPSA) is 70.9 Å². The SMILES string of the molecule is OCC1(CNc2nc(-c3cccnc3)nc3c2CCC3)CCC1. The quantitative estimate of drug-likeness (QED) is 0.888. The number of aliphatic hydroxyl groups is 1. The van der Waals surface area contributed by atoms with Gasteiger partial charge < -0.3 is 10.4 Å². The van der Waals surface area contributed by atoms with Crippen LogP contribution in [0.2, 0.25) is 0 Å². The number of fused-ring (bicyclic) bond motifs is 1. The van der Waals surface area contributed by atoms with Gasteiger partial charge in [-0.2, -0.15) is 0 Å². The number of rotatable bonds is 5. The molecule has 1 fully saturated rings. The van der Waals surface area contributed by atoms with Crippen molar-refractivity contribution < 1.29 is 5.11 Å². The Labute approximate surface area is 136 Å². The van der Waals surface area contributed by atoms with Gasteiger partial charge in [0, 0.05) is 41.2 Å². The van der Waals surface area contributed by atoms with Crippen LogP contribution < -0.4 is 5.32 Å². The highest BCUT2D eigenvalue weighted by Gasteiger charge is 2.36. The zero-order valence-electron chi connectivity index (χ0n) is 13.3. The van der Waals surface area contributed by atoms with Crippen LogP contribution in [0.1, 0.15) is 36.9 Å². The summed E-state index contributed by atoms with van der Waals surface area (Å²) < 4.78 is 0. The maximum absolute atomic E-state index is 9.66. The second-order valence-corrected chi connectivity index (χ2v) is 6.78. The van der Waals surface area contributed by atoms with Crippen LogP contribution in [-0.2, 0) is 12.8 Å². The van der Waals surface area contributed by atoms with E-state index in [1.165, 1.54) is 12.0 Å². The molecule has 0 saturated heterocycles. The van der Waals surface area contributed by atoms with Gasteiger partial charge in [-0.15, -0.1) is 0 Å². The van der Waals surface area contributed by atoms with Gasteiger partial charge in [-0.25, -0.2) is 9.97 Å². The molecule has 0 radical (unpaired) electrons. The smallest absolute Gasteiger partial charge is 0.163 e. The van der Waals surface area contributed by atoms with Crippen molar-refractivity contribution in [1.29, 1.82) is 0 Å². The molecule has 0 amide bonds. The van der Waals surface area contributed by atoms with Crippen LogP contribution in [0.5, 0.6) is 0 Å². The van der Waals surface area contributed by atoms with Crippen LogP contribution in [-0.4, -0.2) is 33.2 Å². The molecule has 2 aliphatic carbocycles. The number of hydrogen-bond acceptors (Lipinski definition) is 5. The van der Waals surface area contributed by atoms with Gasteiger partial charge in [-0.3, -0.25) is 4.98 Å². The van der Waals surface area contributed by atoms with Gasteiger partial charge in [-0.1, -0.05) is 6.42 Å². The molecular weight excluding hydrogens is 288 g/mol. The van der Waals surface area contributed by atoms with Crippen LogP contribution in [0.3, 0.4) is 0 Å². The van der Waals surface area contributed by atoms with Crippen LogP contribution in [0.4, 0.5) is 5.82 Å². The number of anilines is 1. The minimum atomic E-state index is 0.0465. The Bertz CT molecular complexity index is 692. The highest BCUT2D eigenvalue weighted by atomic mass is 16.3. The average molecular weight is 310 g/mol. The second-order valence-electron chi connectivity index (χ2n) is 6.78. The number of nitrogens with one attached hydrogen (secondary N) is 1. The van der Waals surface area contributed by atoms with Crippen LogP contribution in [0.25, 0.3) is 11.4 Å². The van der Waals surface area contributed by atoms with Gasteiger partial charge in [0.1, 0.15) is 5.82 Å². The highest BCUT2D eigenvalue weighted by molar-refractivity contribution is 5.59. The van der Waals surface area contributed by atoms with Crippen molar-refractivity contribution >= 4 is 5.82 Å². The van der Waals surface area contributed by atoms with Crippen molar-refractivity contribution in [2.45, 2.75) is 38.5 Å². The molecule has 0 aromatic carbocycles. The molecule has 5 nitrogen and oxygen atoms in total. The molecular formula is C18H22N4O. The first kappa shape index (κ1) is 14.6. The van der Waals surface area contributed by atoms with Gasteiger partial charge in [0.05, 0.1) is 6.61 Å². The summed E-state index contributed by atoms with van der Waals surface area (Å²) in [5.74, 6) is 1.69. The average Bonchev–Trinajstić information content (AvgIpc) is 3.03. The molecule has 0 atom stereocenters. The lowest BCUT2D eigenvalue weighted by Gasteiger charge is -2.40. The molecule has 4 rings (SSSR count). The normalized spacial score (nSPS) is 18.3. The van der Waals surface area contributed by atoms with Gasteiger partial charge in [0.15, 0.2) is 5.82 Å². The maximum atomic E-state index is 9.66. The van der Waals surface area contributed by atoms with Crippen molar-refractivity contribution in [2.24, 2.45) is 5.41 Å². The van der Waals surface area contributed by atoms with Gasteiger partial charge in [0.2, 0.25) is 0 Å². The second kappa shape index (κ2) is 5.89. The highest BCUT2D eigenvalue weighted by Crippen LogP contribution is 2.40. The van der Waals surface area contributed by atoms with E-state index in [1.807, 2.05) is 18.3 Å². The van der Waals surface area contributed by atoms with Crippen molar-refractivity contribution in [1.82, 2.24) is 15.0 Å². The summed E-state index contributed by atoms with van der Waals surface area (Å²) in [6.07, 6.45) is 10.2. The number of aryl methyl sites for hydroxylation is 1. The zero-order valence-corrected chi connectivity index (χ0v) is 13.3. The molecule has 0 aliphatic heterocycles. The molecule has 5 heteroatoms. The first-order chi connectivity index (χ1) is 11.3. The summed E-state index contributed by atoms with van der Waals surface area (Å²) in [6.45, 7) is 1.04. The fraction of sp³-hybridized carbons (Fsp3) is 0.500. The Hall–Kier alpha value is -2.01. The Balaban J connectivity index is 1.64. The van der Waals surface area contributed by atoms with Crippen molar-refractivity contribution in [3.05, 3.63) is 35.8 Å². The van der Waals surface area contributed by atoms with Crippen LogP contribution in [0, 0.1) is 5.41 Å². The third-order valence-corrected chi connectivity index (χ3v) is 5.23. The molecule has 2 heterocycles. The summed E-state index contributed by atoms with van der Waals surface area (Å²) in [5, 5.41) is 13.2. The minimum absolute atomic E-state index is 0.0465. The lowest BCUT2D eigenvalue weighted by Crippen LogP contribution is -2.40. The number of pyridine rings is 1. The third kappa shape index (κ3) is 2.70. The monoisotopic (exact) mass is 310 g/mol. The standard InChI is InChI=1S/C18H22N4O/c23-12-18(7-3-8-18)11-20-17-14-5-1-6-15(14)21-16(22-17)13-4-2-9-19-10-13/h2,4,9-10,23H,1,3,5-8,11-12H2,(H,20,21,22). The predicted molar refractivity (Wildman–Crippen MR) is 89.1 cm³/mol. The molecule has 0 bridgehead atoms. The molecule has 0 spiro atoms. The summed E-state index contributed by atoms with van der Waals surface area (Å²) in [7, 11) is 0. The third-order valence-electron chi connectivity index (χ3n) is 5.23. The summed E-state index contributed by atoms with van der Waals surface area (Å²) in [4.78, 5) is 13.7. The molecule has 2 aromatic rings. The fourth-order valence-corrected chi connectivity index (χ4v) is 3.54. The molecule has 1 saturated carbocycles. The van der Waals surface area contributed by atoms with Crippen molar-refractivity contribution in [3.8, 4) is 11.4 Å². The van der Waals surface area contributed by atoms with Crippen molar-refractivity contribution in [3.63, 3.8) is 0 Å². The van der Waals surface area contributed by atoms with E-state index < -0.39 is 0 Å². The van der Waals surface area contributed by atoms with Gasteiger partial charge >= 0.3 is 0 Å². The van der Waals surface area contributed by atoms with Crippen molar-refractivity contribution in [2.75, 3.05) is 18.5 Å². The number of aliphatic hydroxyl groups excluding tert-OH is 1. The van der Waals surface area contributed by atoms with E-state index in [0.29, 0.717) is 0 Å². The van der Waals surface area contributed by atoms with E-state index >= 15 is 0 Å². The summed E-state index contributed by atoms with van der Waals surface area (Å²) in [5.41, 5.74) is 3.41. The summed E-state index contributed by atoms with van der Waals surface area (Å²) >= 11 is 0. The zero-order chi connectivity index (χ0) is 15.7. The molecule has 120 valence electrons. The van der Waals surface area contributed by atoms with E-state index in [1.54, 1.807) is 6.20 Å². The lowest BCUT2D eigenvalue weighted by atomic mass is 9.69. The molecule has 2 aliphatic rings. The molecule has 23 heavy (non-hydrogen) atoms. The largest absolute Gasteiger partial charge is 0.396 e. The number of aromatic nitrogens is 3. The number of nitrogens with zero attached hydrogens (tertiary/aromatic N) is 3. The van der Waals surface area contributed by atoms with E-state index in [9.17, 15) is 5.11 Å². The van der Waals surface area contributed by atoms with E-state index in [2.05, 4.69) is 10.3 Å². The van der Waals surface area contributed by atoms with E-state index in [-0.39, 0.29) is 12.0 Å². The van der Waals surface area contributed by atoms with Gasteiger partial charge in [-0.05, 0) is 44.2 Å². The van der Waals surface area contributed by atoms with E-state index in [4.69, 9.17) is 9.97 Å². The minimum Gasteiger partial charge on any atom is -0.396 e. The van der Waals surface area contributed by atoms with Crippen LogP contribution in [0.15, 0.2) is 24.5 Å². The lowest BCUT2D eigenvalue weighted by molar-refractivity contribution is 0.0575. The Morgan fingerprint density at radius 2 is 2.09 bits per heavy atom. The van der Waals surface area contributed by atoms with Gasteiger partial charge in [0.25, 0.3) is 0 Å². The van der Waals surface area contributed by atoms with E-state index in [0.717, 1.165) is 61.5 Å². The van der Waals surface area contributed by atoms with Crippen LogP contribution >= 0.6 is 0 Å². The molecule has 2 N–H and O–H groups in total. The molecule has 0 unspecified atom stereocenters. The first-order valence-electron chi connectivity index (χ1n) is 8.45. The fourth-order valence-electron chi connectivity index (χ4n) is 3.54.